The van der Waals surface area contributed by atoms with Gasteiger partial charge in [-0.25, -0.2) is 0 Å². The number of anilines is 1. The SMILES string of the molecule is CCOCCCN1C(=O)/C(=C\c2ccc(N3CCCCC3)o2)SC1=S. The van der Waals surface area contributed by atoms with E-state index in [0.29, 0.717) is 34.7 Å². The number of carbonyl (C=O) groups excluding carboxylic acids is 1. The maximum atomic E-state index is 12.5. The monoisotopic (exact) mass is 380 g/mol. The van der Waals surface area contributed by atoms with Crippen molar-refractivity contribution in [3.63, 3.8) is 0 Å². The predicted octanol–water partition coefficient (Wildman–Crippen LogP) is 3.90. The molecule has 0 saturated carbocycles. The van der Waals surface area contributed by atoms with Crippen molar-refractivity contribution in [1.29, 1.82) is 0 Å². The number of ether oxygens (including phenoxy) is 1. The van der Waals surface area contributed by atoms with Crippen molar-refractivity contribution >= 4 is 46.2 Å². The van der Waals surface area contributed by atoms with Gasteiger partial charge in [0.1, 0.15) is 10.1 Å². The smallest absolute Gasteiger partial charge is 0.266 e. The minimum atomic E-state index is -0.0394. The maximum Gasteiger partial charge on any atom is 0.266 e. The highest BCUT2D eigenvalue weighted by Gasteiger charge is 2.31. The van der Waals surface area contributed by atoms with E-state index in [-0.39, 0.29) is 5.91 Å². The second kappa shape index (κ2) is 8.87. The highest BCUT2D eigenvalue weighted by molar-refractivity contribution is 8.26. The minimum absolute atomic E-state index is 0.0394. The molecule has 0 aliphatic carbocycles. The fraction of sp³-hybridized carbons (Fsp3) is 0.556. The van der Waals surface area contributed by atoms with Gasteiger partial charge in [-0.2, -0.15) is 0 Å². The van der Waals surface area contributed by atoms with E-state index in [1.165, 1.54) is 31.0 Å². The summed E-state index contributed by atoms with van der Waals surface area (Å²) in [6.45, 7) is 5.97. The summed E-state index contributed by atoms with van der Waals surface area (Å²) in [4.78, 5) is 17.1. The largest absolute Gasteiger partial charge is 0.441 e. The van der Waals surface area contributed by atoms with E-state index < -0.39 is 0 Å². The third-order valence-electron chi connectivity index (χ3n) is 4.30. The average Bonchev–Trinajstić information content (AvgIpc) is 3.19. The molecule has 2 saturated heterocycles. The maximum absolute atomic E-state index is 12.5. The van der Waals surface area contributed by atoms with Crippen LogP contribution >= 0.6 is 24.0 Å². The molecule has 1 aromatic heterocycles. The van der Waals surface area contributed by atoms with Crippen molar-refractivity contribution in [2.75, 3.05) is 37.7 Å². The molecule has 0 bridgehead atoms. The topological polar surface area (TPSA) is 45.9 Å². The molecule has 0 N–H and O–H groups in total. The molecule has 5 nitrogen and oxygen atoms in total. The van der Waals surface area contributed by atoms with Gasteiger partial charge in [0.2, 0.25) is 0 Å². The predicted molar refractivity (Wildman–Crippen MR) is 106 cm³/mol. The quantitative estimate of drug-likeness (QED) is 0.406. The first-order valence-corrected chi connectivity index (χ1v) is 10.1. The molecular formula is C18H24N2O3S2. The summed E-state index contributed by atoms with van der Waals surface area (Å²) in [5.74, 6) is 1.55. The zero-order valence-electron chi connectivity index (χ0n) is 14.5. The van der Waals surface area contributed by atoms with Gasteiger partial charge in [-0.3, -0.25) is 9.69 Å². The Bertz CT molecular complexity index is 651. The van der Waals surface area contributed by atoms with Crippen molar-refractivity contribution in [2.24, 2.45) is 0 Å². The van der Waals surface area contributed by atoms with E-state index in [1.54, 1.807) is 11.0 Å². The minimum Gasteiger partial charge on any atom is -0.441 e. The molecule has 2 aliphatic rings. The van der Waals surface area contributed by atoms with Crippen LogP contribution in [0.4, 0.5) is 5.88 Å². The standard InChI is InChI=1S/C18H24N2O3S2/c1-2-22-12-6-11-20-17(21)15(25-18(20)24)13-14-7-8-16(23-14)19-9-4-3-5-10-19/h7-8,13H,2-6,9-12H2,1H3/b15-13+. The lowest BCUT2D eigenvalue weighted by molar-refractivity contribution is -0.122. The molecule has 1 aromatic rings. The van der Waals surface area contributed by atoms with Crippen LogP contribution in [-0.4, -0.2) is 48.0 Å². The average molecular weight is 381 g/mol. The number of carbonyl (C=O) groups is 1. The summed E-state index contributed by atoms with van der Waals surface area (Å²) in [5.41, 5.74) is 0. The highest BCUT2D eigenvalue weighted by Crippen LogP contribution is 2.33. The highest BCUT2D eigenvalue weighted by atomic mass is 32.2. The Labute approximate surface area is 158 Å². The van der Waals surface area contributed by atoms with Gasteiger partial charge in [-0.1, -0.05) is 24.0 Å². The molecule has 3 heterocycles. The van der Waals surface area contributed by atoms with Crippen molar-refractivity contribution in [3.8, 4) is 0 Å². The molecule has 136 valence electrons. The lowest BCUT2D eigenvalue weighted by Crippen LogP contribution is -2.29. The van der Waals surface area contributed by atoms with E-state index in [4.69, 9.17) is 21.4 Å². The molecular weight excluding hydrogens is 356 g/mol. The number of thiocarbonyl (C=S) groups is 1. The molecule has 2 aliphatic heterocycles. The van der Waals surface area contributed by atoms with Crippen LogP contribution in [0, 0.1) is 0 Å². The number of nitrogens with zero attached hydrogens (tertiary/aromatic N) is 2. The van der Waals surface area contributed by atoms with Gasteiger partial charge in [0.05, 0.1) is 4.91 Å². The van der Waals surface area contributed by atoms with Crippen LogP contribution in [0.5, 0.6) is 0 Å². The van der Waals surface area contributed by atoms with Gasteiger partial charge in [0.25, 0.3) is 5.91 Å². The summed E-state index contributed by atoms with van der Waals surface area (Å²) >= 11 is 6.68. The van der Waals surface area contributed by atoms with E-state index in [1.807, 2.05) is 19.1 Å². The molecule has 0 atom stereocenters. The Morgan fingerprint density at radius 3 is 2.88 bits per heavy atom. The van der Waals surface area contributed by atoms with E-state index in [9.17, 15) is 4.79 Å². The van der Waals surface area contributed by atoms with Gasteiger partial charge in [0, 0.05) is 45.0 Å². The third-order valence-corrected chi connectivity index (χ3v) is 5.68. The van der Waals surface area contributed by atoms with Crippen LogP contribution in [0.1, 0.15) is 38.4 Å². The molecule has 0 radical (unpaired) electrons. The Hall–Kier alpha value is -1.31. The number of hydrogen-bond acceptors (Lipinski definition) is 6. The number of rotatable bonds is 7. The zero-order chi connectivity index (χ0) is 17.6. The summed E-state index contributed by atoms with van der Waals surface area (Å²) < 4.78 is 11.9. The van der Waals surface area contributed by atoms with Gasteiger partial charge >= 0.3 is 0 Å². The lowest BCUT2D eigenvalue weighted by Gasteiger charge is -2.25. The van der Waals surface area contributed by atoms with Gasteiger partial charge < -0.3 is 14.1 Å². The second-order valence-corrected chi connectivity index (χ2v) is 7.78. The molecule has 25 heavy (non-hydrogen) atoms. The first kappa shape index (κ1) is 18.5. The van der Waals surface area contributed by atoms with Crippen LogP contribution in [0.15, 0.2) is 21.5 Å². The van der Waals surface area contributed by atoms with Crippen LogP contribution in [-0.2, 0) is 9.53 Å². The van der Waals surface area contributed by atoms with Crippen molar-refractivity contribution in [1.82, 2.24) is 4.90 Å². The number of hydrogen-bond donors (Lipinski definition) is 0. The second-order valence-electron chi connectivity index (χ2n) is 6.11. The summed E-state index contributed by atoms with van der Waals surface area (Å²) in [7, 11) is 0. The van der Waals surface area contributed by atoms with Gasteiger partial charge in [-0.05, 0) is 38.7 Å². The Kier molecular flexibility index (Phi) is 6.56. The fourth-order valence-corrected chi connectivity index (χ4v) is 4.28. The first-order valence-electron chi connectivity index (χ1n) is 8.87. The van der Waals surface area contributed by atoms with E-state index in [0.717, 1.165) is 25.4 Å². The first-order chi connectivity index (χ1) is 12.2. The van der Waals surface area contributed by atoms with Crippen LogP contribution in [0.2, 0.25) is 0 Å². The molecule has 7 heteroatoms. The molecule has 0 unspecified atom stereocenters. The normalized spacial score (nSPS) is 20.1. The zero-order valence-corrected chi connectivity index (χ0v) is 16.2. The van der Waals surface area contributed by atoms with E-state index >= 15 is 0 Å². The number of furan rings is 1. The van der Waals surface area contributed by atoms with Gasteiger partial charge in [-0.15, -0.1) is 0 Å². The van der Waals surface area contributed by atoms with E-state index in [2.05, 4.69) is 4.90 Å². The Morgan fingerprint density at radius 2 is 2.12 bits per heavy atom. The molecule has 1 amide bonds. The summed E-state index contributed by atoms with van der Waals surface area (Å²) in [6, 6.07) is 3.91. The lowest BCUT2D eigenvalue weighted by atomic mass is 10.1. The fourth-order valence-electron chi connectivity index (χ4n) is 3.00. The van der Waals surface area contributed by atoms with Crippen LogP contribution in [0.3, 0.4) is 0 Å². The Morgan fingerprint density at radius 1 is 1.32 bits per heavy atom. The van der Waals surface area contributed by atoms with Gasteiger partial charge in [0.15, 0.2) is 5.88 Å². The van der Waals surface area contributed by atoms with Crippen molar-refractivity contribution in [2.45, 2.75) is 32.6 Å². The van der Waals surface area contributed by atoms with Crippen molar-refractivity contribution in [3.05, 3.63) is 22.8 Å². The third kappa shape index (κ3) is 4.65. The molecule has 0 spiro atoms. The van der Waals surface area contributed by atoms with Crippen molar-refractivity contribution < 1.29 is 13.9 Å². The number of amides is 1. The van der Waals surface area contributed by atoms with Crippen LogP contribution in [0.25, 0.3) is 6.08 Å². The Balaban J connectivity index is 1.62. The number of thioether (sulfide) groups is 1. The molecule has 3 rings (SSSR count). The summed E-state index contributed by atoms with van der Waals surface area (Å²) in [6.07, 6.45) is 6.28. The molecule has 0 aromatic carbocycles. The molecule has 2 fully saturated rings. The summed E-state index contributed by atoms with van der Waals surface area (Å²) in [5, 5.41) is 0. The number of piperidine rings is 1. The van der Waals surface area contributed by atoms with Crippen LogP contribution < -0.4 is 4.90 Å².